The SMILES string of the molecule is C=C(C)[C@@H]1CC[C@]2(N)CC[C@]3(C)[C@H](CCC4[C@@]5(C)CC=C(C6=CC[C@H](C(=O)OCc7ccccc7)CC6)C(C)(C)C5CC[C@]43C)C12. The second-order valence-electron chi connectivity index (χ2n) is 18.3. The predicted molar refractivity (Wildman–Crippen MR) is 189 cm³/mol. The first-order valence-electron chi connectivity index (χ1n) is 18.8. The lowest BCUT2D eigenvalue weighted by molar-refractivity contribution is -0.219. The second-order valence-corrected chi connectivity index (χ2v) is 18.3. The lowest BCUT2D eigenvalue weighted by Gasteiger charge is -2.72. The van der Waals surface area contributed by atoms with E-state index in [1.54, 1.807) is 5.57 Å². The second kappa shape index (κ2) is 11.2. The van der Waals surface area contributed by atoms with Crippen LogP contribution in [-0.4, -0.2) is 11.5 Å². The topological polar surface area (TPSA) is 52.3 Å². The fourth-order valence-electron chi connectivity index (χ4n) is 13.5. The molecule has 46 heavy (non-hydrogen) atoms. The van der Waals surface area contributed by atoms with E-state index in [9.17, 15) is 4.79 Å². The van der Waals surface area contributed by atoms with Gasteiger partial charge in [0, 0.05) is 5.54 Å². The standard InChI is InChI=1S/C43H61NO2/c1-28(2)32-19-24-43(44)26-25-41(6)34(37(32)43)17-18-36-40(5)22-20-33(39(3,4)35(40)21-23-42(36,41)7)30-13-15-31(16-14-30)38(45)46-27-29-11-9-8-10-12-29/h8-13,20,31-32,34-37H,1,14-19,21-27,44H2,2-7H3/t31-,32-,34+,35?,36?,37?,40-,41+,42+,43-/m0/s1. The normalized spacial score (nSPS) is 44.4. The molecule has 250 valence electrons. The fraction of sp³-hybridized carbons (Fsp3) is 0.698. The molecule has 1 aromatic carbocycles. The number of fused-ring (bicyclic) bond motifs is 7. The molecule has 2 N–H and O–H groups in total. The molecule has 0 heterocycles. The first-order chi connectivity index (χ1) is 21.7. The van der Waals surface area contributed by atoms with Crippen molar-refractivity contribution in [2.24, 2.45) is 62.9 Å². The summed E-state index contributed by atoms with van der Waals surface area (Å²) >= 11 is 0. The van der Waals surface area contributed by atoms with E-state index < -0.39 is 0 Å². The summed E-state index contributed by atoms with van der Waals surface area (Å²) in [5.41, 5.74) is 14.0. The van der Waals surface area contributed by atoms with Crippen molar-refractivity contribution < 1.29 is 9.53 Å². The van der Waals surface area contributed by atoms with Gasteiger partial charge in [-0.15, -0.1) is 0 Å². The number of ether oxygens (including phenoxy) is 1. The molecule has 4 saturated carbocycles. The Hall–Kier alpha value is -2.13. The molecule has 7 rings (SSSR count). The Balaban J connectivity index is 1.10. The van der Waals surface area contributed by atoms with Crippen molar-refractivity contribution in [3.8, 4) is 0 Å². The molecule has 4 fully saturated rings. The number of carbonyl (C=O) groups is 1. The van der Waals surface area contributed by atoms with Crippen molar-refractivity contribution in [3.05, 3.63) is 71.3 Å². The van der Waals surface area contributed by atoms with Crippen LogP contribution in [-0.2, 0) is 16.1 Å². The van der Waals surface area contributed by atoms with Crippen LogP contribution in [0.15, 0.2) is 65.8 Å². The third-order valence-corrected chi connectivity index (χ3v) is 16.0. The first kappa shape index (κ1) is 32.4. The number of rotatable bonds is 5. The van der Waals surface area contributed by atoms with Crippen LogP contribution in [0.25, 0.3) is 0 Å². The lowest BCUT2D eigenvalue weighted by atomic mass is 9.33. The minimum Gasteiger partial charge on any atom is -0.461 e. The Bertz CT molecular complexity index is 1440. The van der Waals surface area contributed by atoms with E-state index in [1.807, 2.05) is 30.3 Å². The largest absolute Gasteiger partial charge is 0.461 e. The Morgan fingerprint density at radius 2 is 1.65 bits per heavy atom. The Morgan fingerprint density at radius 1 is 0.891 bits per heavy atom. The maximum Gasteiger partial charge on any atom is 0.309 e. The quantitative estimate of drug-likeness (QED) is 0.262. The Morgan fingerprint density at radius 3 is 2.35 bits per heavy atom. The molecule has 6 aliphatic rings. The summed E-state index contributed by atoms with van der Waals surface area (Å²) in [5.74, 6) is 3.30. The summed E-state index contributed by atoms with van der Waals surface area (Å²) in [4.78, 5) is 13.0. The zero-order valence-corrected chi connectivity index (χ0v) is 29.8. The van der Waals surface area contributed by atoms with E-state index in [1.165, 1.54) is 68.9 Å². The molecule has 0 bridgehead atoms. The monoisotopic (exact) mass is 623 g/mol. The van der Waals surface area contributed by atoms with Gasteiger partial charge in [-0.05, 0) is 152 Å². The van der Waals surface area contributed by atoms with Gasteiger partial charge in [0.05, 0.1) is 5.92 Å². The minimum atomic E-state index is -0.0407. The van der Waals surface area contributed by atoms with Crippen LogP contribution < -0.4 is 5.73 Å². The van der Waals surface area contributed by atoms with Crippen LogP contribution in [0.5, 0.6) is 0 Å². The minimum absolute atomic E-state index is 0.0217. The van der Waals surface area contributed by atoms with Crippen LogP contribution >= 0.6 is 0 Å². The van der Waals surface area contributed by atoms with Gasteiger partial charge in [-0.25, -0.2) is 0 Å². The summed E-state index contributed by atoms with van der Waals surface area (Å²) in [5, 5.41) is 0. The van der Waals surface area contributed by atoms with Crippen molar-refractivity contribution in [1.82, 2.24) is 0 Å². The zero-order chi connectivity index (χ0) is 32.7. The Kier molecular flexibility index (Phi) is 7.90. The number of nitrogens with two attached hydrogens (primary N) is 1. The van der Waals surface area contributed by atoms with Gasteiger partial charge in [0.2, 0.25) is 0 Å². The van der Waals surface area contributed by atoms with E-state index >= 15 is 0 Å². The van der Waals surface area contributed by atoms with Crippen LogP contribution in [0.4, 0.5) is 0 Å². The lowest BCUT2D eigenvalue weighted by Crippen LogP contribution is -2.67. The van der Waals surface area contributed by atoms with Crippen LogP contribution in [0.3, 0.4) is 0 Å². The van der Waals surface area contributed by atoms with E-state index in [4.69, 9.17) is 10.5 Å². The third kappa shape index (κ3) is 4.71. The Labute approximate surface area is 279 Å². The van der Waals surface area contributed by atoms with Gasteiger partial charge < -0.3 is 10.5 Å². The number of hydrogen-bond acceptors (Lipinski definition) is 3. The summed E-state index contributed by atoms with van der Waals surface area (Å²) in [7, 11) is 0. The molecule has 1 aromatic rings. The summed E-state index contributed by atoms with van der Waals surface area (Å²) < 4.78 is 5.73. The highest BCUT2D eigenvalue weighted by Gasteiger charge is 2.70. The van der Waals surface area contributed by atoms with Gasteiger partial charge in [-0.3, -0.25) is 4.79 Å². The average Bonchev–Trinajstić information content (AvgIpc) is 3.38. The van der Waals surface area contributed by atoms with E-state index in [2.05, 4.69) is 60.3 Å². The summed E-state index contributed by atoms with van der Waals surface area (Å²) in [6, 6.07) is 10.0. The average molecular weight is 624 g/mol. The molecule has 6 aliphatic carbocycles. The maximum absolute atomic E-state index is 13.0. The van der Waals surface area contributed by atoms with E-state index in [-0.39, 0.29) is 22.8 Å². The number of esters is 1. The molecule has 3 heteroatoms. The van der Waals surface area contributed by atoms with Crippen molar-refractivity contribution >= 4 is 5.97 Å². The van der Waals surface area contributed by atoms with Gasteiger partial charge in [0.25, 0.3) is 0 Å². The smallest absolute Gasteiger partial charge is 0.309 e. The third-order valence-electron chi connectivity index (χ3n) is 16.0. The van der Waals surface area contributed by atoms with Gasteiger partial charge in [-0.2, -0.15) is 0 Å². The number of allylic oxidation sites excluding steroid dienone is 5. The molecule has 0 saturated heterocycles. The molecule has 0 spiro atoms. The molecular weight excluding hydrogens is 562 g/mol. The number of hydrogen-bond donors (Lipinski definition) is 1. The first-order valence-corrected chi connectivity index (χ1v) is 18.8. The van der Waals surface area contributed by atoms with Crippen molar-refractivity contribution in [2.75, 3.05) is 0 Å². The number of carbonyl (C=O) groups excluding carboxylic acids is 1. The van der Waals surface area contributed by atoms with E-state index in [0.29, 0.717) is 40.6 Å². The highest BCUT2D eigenvalue weighted by atomic mass is 16.5. The maximum atomic E-state index is 13.0. The molecule has 3 unspecified atom stereocenters. The van der Waals surface area contributed by atoms with Gasteiger partial charge >= 0.3 is 5.97 Å². The molecule has 10 atom stereocenters. The molecule has 0 aliphatic heterocycles. The molecule has 0 amide bonds. The molecule has 0 aromatic heterocycles. The highest BCUT2D eigenvalue weighted by molar-refractivity contribution is 5.73. The number of benzene rings is 1. The van der Waals surface area contributed by atoms with Crippen molar-refractivity contribution in [3.63, 3.8) is 0 Å². The molecule has 0 radical (unpaired) electrons. The summed E-state index contributed by atoms with van der Waals surface area (Å²) in [6.45, 7) is 20.4. The van der Waals surface area contributed by atoms with Gasteiger partial charge in [0.15, 0.2) is 0 Å². The summed E-state index contributed by atoms with van der Waals surface area (Å²) in [6.07, 6.45) is 19.2. The highest BCUT2D eigenvalue weighted by Crippen LogP contribution is 2.76. The van der Waals surface area contributed by atoms with Crippen LogP contribution in [0.2, 0.25) is 0 Å². The van der Waals surface area contributed by atoms with Crippen molar-refractivity contribution in [1.29, 1.82) is 0 Å². The zero-order valence-electron chi connectivity index (χ0n) is 29.8. The van der Waals surface area contributed by atoms with Gasteiger partial charge in [0.1, 0.15) is 6.61 Å². The molecule has 3 nitrogen and oxygen atoms in total. The van der Waals surface area contributed by atoms with Crippen LogP contribution in [0.1, 0.15) is 124 Å². The van der Waals surface area contributed by atoms with Crippen LogP contribution in [0, 0.1) is 57.2 Å². The molecular formula is C43H61NO2. The van der Waals surface area contributed by atoms with Gasteiger partial charge in [-0.1, -0.05) is 89.3 Å². The predicted octanol–water partition coefficient (Wildman–Crippen LogP) is 10.4. The van der Waals surface area contributed by atoms with Crippen molar-refractivity contribution in [2.45, 2.75) is 131 Å². The van der Waals surface area contributed by atoms with E-state index in [0.717, 1.165) is 36.7 Å². The fourth-order valence-corrected chi connectivity index (χ4v) is 13.5.